The molecule has 0 bridgehead atoms. The number of alkyl halides is 3. The second-order valence-electron chi connectivity index (χ2n) is 5.95. The molecule has 1 fully saturated rings. The molecule has 0 saturated carbocycles. The van der Waals surface area contributed by atoms with Crippen molar-refractivity contribution in [1.82, 2.24) is 5.32 Å². The summed E-state index contributed by atoms with van der Waals surface area (Å²) in [5, 5.41) is 2.69. The Morgan fingerprint density at radius 2 is 2.12 bits per heavy atom. The number of nitrogens with two attached hydrogens (primary N) is 1. The molecule has 0 spiro atoms. The molecule has 1 aliphatic rings. The van der Waals surface area contributed by atoms with E-state index in [4.69, 9.17) is 15.2 Å². The predicted molar refractivity (Wildman–Crippen MR) is 86.1 cm³/mol. The lowest BCUT2D eigenvalue weighted by Gasteiger charge is -2.22. The Balaban J connectivity index is 1.92. The van der Waals surface area contributed by atoms with Gasteiger partial charge in [-0.15, -0.1) is 0 Å². The minimum absolute atomic E-state index is 0.106. The Bertz CT molecular complexity index is 581. The van der Waals surface area contributed by atoms with Crippen LogP contribution in [0.5, 0.6) is 5.75 Å². The summed E-state index contributed by atoms with van der Waals surface area (Å²) in [7, 11) is 0. The van der Waals surface area contributed by atoms with Gasteiger partial charge in [0.05, 0.1) is 18.2 Å². The Morgan fingerprint density at radius 1 is 1.40 bits per heavy atom. The van der Waals surface area contributed by atoms with E-state index in [-0.39, 0.29) is 24.3 Å². The van der Waals surface area contributed by atoms with Crippen LogP contribution < -0.4 is 15.8 Å². The van der Waals surface area contributed by atoms with E-state index in [1.807, 2.05) is 0 Å². The number of halogens is 3. The van der Waals surface area contributed by atoms with Gasteiger partial charge in [-0.05, 0) is 31.4 Å². The van der Waals surface area contributed by atoms with Gasteiger partial charge in [0, 0.05) is 6.54 Å². The largest absolute Gasteiger partial charge is 0.488 e. The number of para-hydroxylation sites is 1. The number of benzene rings is 1. The quantitative estimate of drug-likeness (QED) is 0.784. The molecule has 140 valence electrons. The van der Waals surface area contributed by atoms with Gasteiger partial charge in [0.2, 0.25) is 5.91 Å². The monoisotopic (exact) mass is 360 g/mol. The van der Waals surface area contributed by atoms with E-state index in [2.05, 4.69) is 5.32 Å². The van der Waals surface area contributed by atoms with Gasteiger partial charge >= 0.3 is 6.18 Å². The van der Waals surface area contributed by atoms with Gasteiger partial charge in [0.25, 0.3) is 0 Å². The highest BCUT2D eigenvalue weighted by Crippen LogP contribution is 2.36. The van der Waals surface area contributed by atoms with Crippen molar-refractivity contribution in [2.75, 3.05) is 13.1 Å². The van der Waals surface area contributed by atoms with E-state index in [1.54, 1.807) is 6.92 Å². The lowest BCUT2D eigenvalue weighted by Crippen LogP contribution is -2.41. The van der Waals surface area contributed by atoms with Crippen molar-refractivity contribution in [3.63, 3.8) is 0 Å². The second kappa shape index (κ2) is 8.53. The SMILES string of the molecule is CCC(CNC(=O)[C@@H]1CC[C@H](CN)O1)Oc1ccccc1C(F)(F)F. The van der Waals surface area contributed by atoms with E-state index < -0.39 is 23.9 Å². The number of hydrogen-bond acceptors (Lipinski definition) is 4. The van der Waals surface area contributed by atoms with Crippen LogP contribution in [0.15, 0.2) is 24.3 Å². The summed E-state index contributed by atoms with van der Waals surface area (Å²) in [5.41, 5.74) is 4.68. The number of carbonyl (C=O) groups excluding carboxylic acids is 1. The fourth-order valence-corrected chi connectivity index (χ4v) is 2.65. The predicted octanol–water partition coefficient (Wildman–Crippen LogP) is 2.49. The topological polar surface area (TPSA) is 73.6 Å². The molecule has 0 aromatic heterocycles. The van der Waals surface area contributed by atoms with E-state index >= 15 is 0 Å². The third kappa shape index (κ3) is 5.34. The molecule has 25 heavy (non-hydrogen) atoms. The number of hydrogen-bond donors (Lipinski definition) is 2. The van der Waals surface area contributed by atoms with E-state index in [9.17, 15) is 18.0 Å². The highest BCUT2D eigenvalue weighted by Gasteiger charge is 2.35. The third-order valence-electron chi connectivity index (χ3n) is 4.11. The third-order valence-corrected chi connectivity index (χ3v) is 4.11. The summed E-state index contributed by atoms with van der Waals surface area (Å²) >= 11 is 0. The molecule has 1 aromatic rings. The van der Waals surface area contributed by atoms with Crippen LogP contribution in [0.25, 0.3) is 0 Å². The molecule has 3 atom stereocenters. The summed E-state index contributed by atoms with van der Waals surface area (Å²) < 4.78 is 50.0. The number of nitrogens with one attached hydrogen (secondary N) is 1. The number of amides is 1. The number of ether oxygens (including phenoxy) is 2. The number of carbonyl (C=O) groups is 1. The Hall–Kier alpha value is -1.80. The zero-order valence-electron chi connectivity index (χ0n) is 14.0. The minimum Gasteiger partial charge on any atom is -0.488 e. The van der Waals surface area contributed by atoms with Gasteiger partial charge in [-0.1, -0.05) is 19.1 Å². The maximum absolute atomic E-state index is 13.0. The van der Waals surface area contributed by atoms with Gasteiger partial charge in [-0.2, -0.15) is 13.2 Å². The molecular weight excluding hydrogens is 337 g/mol. The first kappa shape index (κ1) is 19.5. The van der Waals surface area contributed by atoms with Crippen molar-refractivity contribution >= 4 is 5.91 Å². The van der Waals surface area contributed by atoms with Crippen molar-refractivity contribution in [3.8, 4) is 5.75 Å². The molecule has 5 nitrogen and oxygen atoms in total. The van der Waals surface area contributed by atoms with Gasteiger partial charge in [-0.25, -0.2) is 0 Å². The van der Waals surface area contributed by atoms with Gasteiger partial charge in [0.1, 0.15) is 18.0 Å². The van der Waals surface area contributed by atoms with Crippen LogP contribution >= 0.6 is 0 Å². The molecular formula is C17H23F3N2O3. The number of rotatable bonds is 7. The summed E-state index contributed by atoms with van der Waals surface area (Å²) in [5.74, 6) is -0.529. The first-order valence-corrected chi connectivity index (χ1v) is 8.31. The van der Waals surface area contributed by atoms with Gasteiger partial charge < -0.3 is 20.5 Å². The molecule has 2 rings (SSSR count). The lowest BCUT2D eigenvalue weighted by atomic mass is 10.1. The van der Waals surface area contributed by atoms with Crippen LogP contribution in [0, 0.1) is 0 Å². The molecule has 1 unspecified atom stereocenters. The Morgan fingerprint density at radius 3 is 2.72 bits per heavy atom. The highest BCUT2D eigenvalue weighted by molar-refractivity contribution is 5.81. The molecule has 0 radical (unpaired) electrons. The zero-order valence-corrected chi connectivity index (χ0v) is 14.0. The van der Waals surface area contributed by atoms with E-state index in [0.29, 0.717) is 19.4 Å². The summed E-state index contributed by atoms with van der Waals surface area (Å²) in [6.45, 7) is 2.25. The van der Waals surface area contributed by atoms with Crippen molar-refractivity contribution in [2.24, 2.45) is 5.73 Å². The first-order chi connectivity index (χ1) is 11.8. The fourth-order valence-electron chi connectivity index (χ4n) is 2.65. The van der Waals surface area contributed by atoms with Crippen LogP contribution in [0.1, 0.15) is 31.7 Å². The van der Waals surface area contributed by atoms with E-state index in [0.717, 1.165) is 12.5 Å². The molecule has 0 aliphatic carbocycles. The fraction of sp³-hybridized carbons (Fsp3) is 0.588. The minimum atomic E-state index is -4.49. The van der Waals surface area contributed by atoms with Crippen LogP contribution in [0.2, 0.25) is 0 Å². The van der Waals surface area contributed by atoms with Gasteiger partial charge in [-0.3, -0.25) is 4.79 Å². The van der Waals surface area contributed by atoms with Gasteiger partial charge in [0.15, 0.2) is 0 Å². The Kier molecular flexibility index (Phi) is 6.66. The lowest BCUT2D eigenvalue weighted by molar-refractivity contribution is -0.139. The van der Waals surface area contributed by atoms with Crippen LogP contribution in [-0.2, 0) is 15.7 Å². The maximum atomic E-state index is 13.0. The van der Waals surface area contributed by atoms with E-state index in [1.165, 1.54) is 18.2 Å². The highest BCUT2D eigenvalue weighted by atomic mass is 19.4. The average molecular weight is 360 g/mol. The average Bonchev–Trinajstić information content (AvgIpc) is 3.07. The normalized spacial score (nSPS) is 21.8. The van der Waals surface area contributed by atoms with Crippen molar-refractivity contribution in [3.05, 3.63) is 29.8 Å². The molecule has 1 saturated heterocycles. The molecule has 1 aromatic carbocycles. The van der Waals surface area contributed by atoms with Crippen molar-refractivity contribution in [2.45, 2.75) is 50.7 Å². The van der Waals surface area contributed by atoms with Crippen LogP contribution in [-0.4, -0.2) is 37.3 Å². The first-order valence-electron chi connectivity index (χ1n) is 8.31. The summed E-state index contributed by atoms with van der Waals surface area (Å²) in [6, 6.07) is 5.04. The summed E-state index contributed by atoms with van der Waals surface area (Å²) in [4.78, 5) is 12.1. The molecule has 1 amide bonds. The Labute approximate surface area is 144 Å². The molecule has 3 N–H and O–H groups in total. The smallest absolute Gasteiger partial charge is 0.419 e. The summed E-state index contributed by atoms with van der Waals surface area (Å²) in [6.07, 6.45) is -3.99. The maximum Gasteiger partial charge on any atom is 0.419 e. The molecule has 1 heterocycles. The molecule has 8 heteroatoms. The van der Waals surface area contributed by atoms with Crippen molar-refractivity contribution < 1.29 is 27.4 Å². The van der Waals surface area contributed by atoms with Crippen LogP contribution in [0.3, 0.4) is 0 Å². The standard InChI is InChI=1S/C17H23F3N2O3/c1-2-11(10-22-16(23)15-8-7-12(9-21)25-15)24-14-6-4-3-5-13(14)17(18,19)20/h3-6,11-12,15H,2,7-10,21H2,1H3,(H,22,23)/t11?,12-,15+/m1/s1. The van der Waals surface area contributed by atoms with Crippen LogP contribution in [0.4, 0.5) is 13.2 Å². The zero-order chi connectivity index (χ0) is 18.4. The van der Waals surface area contributed by atoms with Crippen molar-refractivity contribution in [1.29, 1.82) is 0 Å². The molecule has 1 aliphatic heterocycles. The second-order valence-corrected chi connectivity index (χ2v) is 5.95.